The molecule has 7 heteroatoms. The van der Waals surface area contributed by atoms with E-state index in [-0.39, 0.29) is 5.78 Å². The van der Waals surface area contributed by atoms with Crippen LogP contribution in [0.5, 0.6) is 23.0 Å². The Morgan fingerprint density at radius 1 is 0.778 bits per heavy atom. The Kier molecular flexibility index (Phi) is 10.9. The topological polar surface area (TPSA) is 66.9 Å². The molecule has 1 aromatic heterocycles. The first-order chi connectivity index (χ1) is 21.9. The van der Waals surface area contributed by atoms with E-state index in [0.29, 0.717) is 36.0 Å². The van der Waals surface area contributed by atoms with Crippen LogP contribution in [0.3, 0.4) is 0 Å². The van der Waals surface area contributed by atoms with Crippen LogP contribution in [0.25, 0.3) is 26.9 Å². The first kappa shape index (κ1) is 31.8. The Labute approximate surface area is 269 Å². The van der Waals surface area contributed by atoms with Gasteiger partial charge in [0.05, 0.1) is 37.6 Å². The predicted octanol–water partition coefficient (Wildman–Crippen LogP) is 9.51. The molecule has 0 N–H and O–H groups in total. The zero-order valence-electron chi connectivity index (χ0n) is 26.3. The number of ketones is 1. The number of rotatable bonds is 15. The largest absolute Gasteiger partial charge is 0.496 e. The molecule has 0 spiro atoms. The van der Waals surface area contributed by atoms with Gasteiger partial charge >= 0.3 is 0 Å². The summed E-state index contributed by atoms with van der Waals surface area (Å²) in [6.07, 6.45) is 7.34. The molecule has 0 unspecified atom stereocenters. The van der Waals surface area contributed by atoms with Gasteiger partial charge in [-0.25, -0.2) is 4.98 Å². The lowest BCUT2D eigenvalue weighted by atomic mass is 10.0. The number of aromatic nitrogens is 1. The average Bonchev–Trinajstić information content (AvgIpc) is 3.51. The normalized spacial score (nSPS) is 11.2. The van der Waals surface area contributed by atoms with Crippen LogP contribution in [0.2, 0.25) is 0 Å². The van der Waals surface area contributed by atoms with E-state index >= 15 is 0 Å². The fourth-order valence-corrected chi connectivity index (χ4v) is 5.97. The van der Waals surface area contributed by atoms with Gasteiger partial charge in [-0.2, -0.15) is 0 Å². The van der Waals surface area contributed by atoms with Gasteiger partial charge in [-0.15, -0.1) is 11.3 Å². The zero-order chi connectivity index (χ0) is 31.6. The number of carbonyl (C=O) groups excluding carboxylic acids is 1. The number of fused-ring (bicyclic) bond motifs is 1. The highest BCUT2D eigenvalue weighted by Crippen LogP contribution is 2.32. The van der Waals surface area contributed by atoms with Crippen LogP contribution in [0.4, 0.5) is 0 Å². The fourth-order valence-electron chi connectivity index (χ4n) is 5.00. The van der Waals surface area contributed by atoms with Gasteiger partial charge < -0.3 is 18.9 Å². The van der Waals surface area contributed by atoms with Crippen molar-refractivity contribution in [1.29, 1.82) is 0 Å². The highest BCUT2D eigenvalue weighted by molar-refractivity contribution is 7.21. The maximum absolute atomic E-state index is 12.9. The SMILES string of the molecule is COc1ccc(/C=C/C(=O)c2cc(C)c(C)c(OC)c2)cc1OCCCCCCOc1cccc(-c2nc3ccccc3s2)c1. The van der Waals surface area contributed by atoms with Crippen molar-refractivity contribution in [2.75, 3.05) is 27.4 Å². The van der Waals surface area contributed by atoms with E-state index in [0.717, 1.165) is 64.2 Å². The molecular formula is C38H39NO5S. The molecule has 5 rings (SSSR count). The predicted molar refractivity (Wildman–Crippen MR) is 183 cm³/mol. The van der Waals surface area contributed by atoms with Gasteiger partial charge in [-0.1, -0.05) is 36.4 Å². The maximum Gasteiger partial charge on any atom is 0.185 e. The summed E-state index contributed by atoms with van der Waals surface area (Å²) in [7, 11) is 3.25. The summed E-state index contributed by atoms with van der Waals surface area (Å²) in [5.74, 6) is 2.83. The standard InChI is InChI=1S/C38H39NO5S/c1-26-22-30(25-35(42-4)27(26)2)33(40)18-16-28-17-19-34(41-3)36(23-28)44-21-10-6-5-9-20-43-31-13-11-12-29(24-31)38-39-32-14-7-8-15-37(32)45-38/h7-8,11-19,22-25H,5-6,9-10,20-21H2,1-4H3/b18-16+. The van der Waals surface area contributed by atoms with Crippen LogP contribution >= 0.6 is 11.3 Å². The Bertz CT molecular complexity index is 1760. The lowest BCUT2D eigenvalue weighted by molar-refractivity contribution is 0.104. The van der Waals surface area contributed by atoms with Gasteiger partial charge in [0.15, 0.2) is 17.3 Å². The third-order valence-electron chi connectivity index (χ3n) is 7.68. The minimum Gasteiger partial charge on any atom is -0.496 e. The minimum atomic E-state index is -0.0837. The molecule has 232 valence electrons. The minimum absolute atomic E-state index is 0.0837. The van der Waals surface area contributed by atoms with Crippen molar-refractivity contribution in [3.63, 3.8) is 0 Å². The molecule has 0 aliphatic carbocycles. The molecule has 0 aliphatic heterocycles. The van der Waals surface area contributed by atoms with Crippen LogP contribution in [0.15, 0.2) is 84.9 Å². The molecule has 5 aromatic rings. The highest BCUT2D eigenvalue weighted by atomic mass is 32.1. The summed E-state index contributed by atoms with van der Waals surface area (Å²) in [5.41, 5.74) is 5.61. The molecule has 6 nitrogen and oxygen atoms in total. The van der Waals surface area contributed by atoms with Crippen molar-refractivity contribution in [2.45, 2.75) is 39.5 Å². The van der Waals surface area contributed by atoms with Crippen molar-refractivity contribution >= 4 is 33.4 Å². The Morgan fingerprint density at radius 2 is 1.56 bits per heavy atom. The molecule has 0 amide bonds. The van der Waals surface area contributed by atoms with Crippen molar-refractivity contribution in [3.05, 3.63) is 107 Å². The fraction of sp³-hybridized carbons (Fsp3) is 0.263. The smallest absolute Gasteiger partial charge is 0.185 e. The van der Waals surface area contributed by atoms with E-state index in [1.165, 1.54) is 4.70 Å². The van der Waals surface area contributed by atoms with Crippen molar-refractivity contribution in [3.8, 4) is 33.6 Å². The van der Waals surface area contributed by atoms with E-state index in [9.17, 15) is 4.79 Å². The molecule has 0 bridgehead atoms. The van der Waals surface area contributed by atoms with Gasteiger partial charge in [-0.05, 0) is 111 Å². The molecule has 45 heavy (non-hydrogen) atoms. The molecule has 0 saturated heterocycles. The summed E-state index contributed by atoms with van der Waals surface area (Å²) in [4.78, 5) is 17.6. The molecular weight excluding hydrogens is 582 g/mol. The number of hydrogen-bond donors (Lipinski definition) is 0. The molecule has 1 heterocycles. The number of methoxy groups -OCH3 is 2. The number of para-hydroxylation sites is 1. The summed E-state index contributed by atoms with van der Waals surface area (Å²) < 4.78 is 24.2. The van der Waals surface area contributed by atoms with Gasteiger partial charge in [0.2, 0.25) is 0 Å². The van der Waals surface area contributed by atoms with Crippen molar-refractivity contribution in [1.82, 2.24) is 4.98 Å². The second-order valence-corrected chi connectivity index (χ2v) is 11.9. The first-order valence-corrected chi connectivity index (χ1v) is 16.0. The molecule has 4 aromatic carbocycles. The van der Waals surface area contributed by atoms with Gasteiger partial charge in [0.1, 0.15) is 16.5 Å². The molecule has 0 fully saturated rings. The van der Waals surface area contributed by atoms with E-state index < -0.39 is 0 Å². The van der Waals surface area contributed by atoms with Crippen LogP contribution in [-0.2, 0) is 0 Å². The number of hydrogen-bond acceptors (Lipinski definition) is 7. The summed E-state index contributed by atoms with van der Waals surface area (Å²) in [5, 5.41) is 1.01. The second-order valence-electron chi connectivity index (χ2n) is 10.9. The second kappa shape index (κ2) is 15.4. The summed E-state index contributed by atoms with van der Waals surface area (Å²) in [6, 6.07) is 25.7. The van der Waals surface area contributed by atoms with Gasteiger partial charge in [0, 0.05) is 11.1 Å². The van der Waals surface area contributed by atoms with Crippen LogP contribution in [0, 0.1) is 13.8 Å². The van der Waals surface area contributed by atoms with E-state index in [1.807, 2.05) is 68.4 Å². The average molecular weight is 622 g/mol. The molecule has 0 aliphatic rings. The van der Waals surface area contributed by atoms with Crippen LogP contribution in [-0.4, -0.2) is 38.2 Å². The highest BCUT2D eigenvalue weighted by Gasteiger charge is 2.11. The first-order valence-electron chi connectivity index (χ1n) is 15.2. The Hall–Kier alpha value is -4.62. The number of allylic oxidation sites excluding steroid dienone is 1. The van der Waals surface area contributed by atoms with Crippen molar-refractivity contribution < 1.29 is 23.7 Å². The lowest BCUT2D eigenvalue weighted by Crippen LogP contribution is -2.01. The number of nitrogens with zero attached hydrogens (tertiary/aromatic N) is 1. The maximum atomic E-state index is 12.9. The lowest BCUT2D eigenvalue weighted by Gasteiger charge is -2.12. The molecule has 0 saturated carbocycles. The monoisotopic (exact) mass is 621 g/mol. The molecule has 0 radical (unpaired) electrons. The number of carbonyl (C=O) groups is 1. The van der Waals surface area contributed by atoms with Crippen LogP contribution < -0.4 is 18.9 Å². The van der Waals surface area contributed by atoms with Crippen molar-refractivity contribution in [2.24, 2.45) is 0 Å². The number of thiazole rings is 1. The van der Waals surface area contributed by atoms with Gasteiger partial charge in [0.25, 0.3) is 0 Å². The number of aryl methyl sites for hydroxylation is 1. The summed E-state index contributed by atoms with van der Waals surface area (Å²) >= 11 is 1.70. The third kappa shape index (κ3) is 8.31. The number of unbranched alkanes of at least 4 members (excludes halogenated alkanes) is 3. The molecule has 0 atom stereocenters. The van der Waals surface area contributed by atoms with E-state index in [4.69, 9.17) is 23.9 Å². The quantitative estimate of drug-likeness (QED) is 0.0659. The van der Waals surface area contributed by atoms with E-state index in [2.05, 4.69) is 18.2 Å². The summed E-state index contributed by atoms with van der Waals surface area (Å²) in [6.45, 7) is 5.21. The zero-order valence-corrected chi connectivity index (χ0v) is 27.1. The van der Waals surface area contributed by atoms with Gasteiger partial charge in [-0.3, -0.25) is 4.79 Å². The number of ether oxygens (including phenoxy) is 4. The van der Waals surface area contributed by atoms with E-state index in [1.54, 1.807) is 43.8 Å². The third-order valence-corrected chi connectivity index (χ3v) is 8.76. The Balaban J connectivity index is 1.05. The Morgan fingerprint density at radius 3 is 2.33 bits per heavy atom. The van der Waals surface area contributed by atoms with Crippen LogP contribution in [0.1, 0.15) is 52.7 Å². The number of benzene rings is 4.